The molecule has 1 heterocycles. The van der Waals surface area contributed by atoms with Gasteiger partial charge in [0.2, 0.25) is 5.91 Å². The third-order valence-electron chi connectivity index (χ3n) is 5.23. The number of fused-ring (bicyclic) bond motifs is 3. The lowest BCUT2D eigenvalue weighted by atomic mass is 10.1. The summed E-state index contributed by atoms with van der Waals surface area (Å²) in [5.41, 5.74) is 3.98. The van der Waals surface area contributed by atoms with E-state index in [0.717, 1.165) is 27.5 Å². The van der Waals surface area contributed by atoms with Crippen LogP contribution in [0, 0.1) is 0 Å². The maximum absolute atomic E-state index is 12.9. The van der Waals surface area contributed by atoms with Gasteiger partial charge in [-0.05, 0) is 23.3 Å². The highest BCUT2D eigenvalue weighted by Gasteiger charge is 2.18. The quantitative estimate of drug-likeness (QED) is 0.545. The lowest BCUT2D eigenvalue weighted by Gasteiger charge is -2.21. The number of carboxylic acid groups (broad SMARTS) is 1. The van der Waals surface area contributed by atoms with Crippen LogP contribution in [0.3, 0.4) is 0 Å². The molecule has 1 amide bonds. The fourth-order valence-corrected chi connectivity index (χ4v) is 3.80. The van der Waals surface area contributed by atoms with Crippen LogP contribution in [0.15, 0.2) is 72.8 Å². The Morgan fingerprint density at radius 3 is 2.31 bits per heavy atom. The number of aromatic nitrogens is 1. The number of carboxylic acids is 1. The lowest BCUT2D eigenvalue weighted by Crippen LogP contribution is -2.36. The van der Waals surface area contributed by atoms with Gasteiger partial charge in [0.25, 0.3) is 0 Å². The second-order valence-corrected chi connectivity index (χ2v) is 7.23. The molecule has 29 heavy (non-hydrogen) atoms. The van der Waals surface area contributed by atoms with E-state index in [-0.39, 0.29) is 25.4 Å². The Kier molecular flexibility index (Phi) is 5.04. The number of carbonyl (C=O) groups is 2. The van der Waals surface area contributed by atoms with Gasteiger partial charge in [-0.3, -0.25) is 9.59 Å². The fourth-order valence-electron chi connectivity index (χ4n) is 3.80. The largest absolute Gasteiger partial charge is 0.480 e. The van der Waals surface area contributed by atoms with Gasteiger partial charge in [-0.2, -0.15) is 0 Å². The first kappa shape index (κ1) is 18.7. The zero-order valence-electron chi connectivity index (χ0n) is 16.2. The van der Waals surface area contributed by atoms with Gasteiger partial charge >= 0.3 is 5.97 Å². The average molecular weight is 386 g/mol. The molecule has 0 aliphatic carbocycles. The van der Waals surface area contributed by atoms with Crippen molar-refractivity contribution in [2.45, 2.75) is 13.0 Å². The van der Waals surface area contributed by atoms with Crippen LogP contribution in [0.1, 0.15) is 11.1 Å². The van der Waals surface area contributed by atoms with Gasteiger partial charge < -0.3 is 14.6 Å². The van der Waals surface area contributed by atoms with Gasteiger partial charge in [0.1, 0.15) is 6.54 Å². The number of amides is 1. The molecule has 4 rings (SSSR count). The molecule has 3 aromatic carbocycles. The third kappa shape index (κ3) is 3.85. The second kappa shape index (κ2) is 7.80. The van der Waals surface area contributed by atoms with E-state index in [1.807, 2.05) is 67.7 Å². The molecule has 0 fully saturated rings. The molecule has 5 nitrogen and oxygen atoms in total. The van der Waals surface area contributed by atoms with Crippen molar-refractivity contribution in [3.05, 3.63) is 83.9 Å². The Labute approximate surface area is 168 Å². The summed E-state index contributed by atoms with van der Waals surface area (Å²) in [6, 6.07) is 23.7. The number of benzene rings is 3. The first-order chi connectivity index (χ1) is 14.0. The van der Waals surface area contributed by atoms with Gasteiger partial charge in [0, 0.05) is 35.4 Å². The van der Waals surface area contributed by atoms with E-state index in [4.69, 9.17) is 0 Å². The first-order valence-electron chi connectivity index (χ1n) is 9.52. The summed E-state index contributed by atoms with van der Waals surface area (Å²) in [5.74, 6) is -1.22. The smallest absolute Gasteiger partial charge is 0.323 e. The number of aliphatic carboxylic acids is 1. The summed E-state index contributed by atoms with van der Waals surface area (Å²) >= 11 is 0. The van der Waals surface area contributed by atoms with Crippen LogP contribution in [0.25, 0.3) is 21.8 Å². The van der Waals surface area contributed by atoms with Gasteiger partial charge in [-0.15, -0.1) is 0 Å². The molecule has 0 saturated heterocycles. The molecule has 0 spiro atoms. The van der Waals surface area contributed by atoms with Crippen molar-refractivity contribution in [1.82, 2.24) is 9.47 Å². The standard InChI is InChI=1S/C24H22N2O3/c1-25-21-10-6-5-9-19(21)20-12-11-18(13-22(20)25)14-23(27)26(16-24(28)29)15-17-7-3-2-4-8-17/h2-13H,14-16H2,1H3,(H,28,29). The average Bonchev–Trinajstić information content (AvgIpc) is 3.00. The van der Waals surface area contributed by atoms with E-state index in [2.05, 4.69) is 16.7 Å². The van der Waals surface area contributed by atoms with Crippen molar-refractivity contribution in [3.8, 4) is 0 Å². The molecule has 1 N–H and O–H groups in total. The van der Waals surface area contributed by atoms with Crippen molar-refractivity contribution in [2.24, 2.45) is 7.05 Å². The third-order valence-corrected chi connectivity index (χ3v) is 5.23. The summed E-state index contributed by atoms with van der Waals surface area (Å²) < 4.78 is 2.12. The molecule has 0 unspecified atom stereocenters. The zero-order valence-corrected chi connectivity index (χ0v) is 16.2. The molecule has 0 atom stereocenters. The minimum Gasteiger partial charge on any atom is -0.480 e. The van der Waals surface area contributed by atoms with Gasteiger partial charge in [-0.25, -0.2) is 0 Å². The van der Waals surface area contributed by atoms with Gasteiger partial charge in [-0.1, -0.05) is 60.7 Å². The summed E-state index contributed by atoms with van der Waals surface area (Å²) in [4.78, 5) is 25.6. The lowest BCUT2D eigenvalue weighted by molar-refractivity contribution is -0.144. The Morgan fingerprint density at radius 2 is 1.55 bits per heavy atom. The molecule has 146 valence electrons. The van der Waals surface area contributed by atoms with Crippen LogP contribution in [-0.2, 0) is 29.6 Å². The SMILES string of the molecule is Cn1c2ccccc2c2ccc(CC(=O)N(CC(=O)O)Cc3ccccc3)cc21. The van der Waals surface area contributed by atoms with E-state index in [0.29, 0.717) is 0 Å². The molecule has 0 bridgehead atoms. The molecule has 0 radical (unpaired) electrons. The van der Waals surface area contributed by atoms with E-state index < -0.39 is 5.97 Å². The van der Waals surface area contributed by atoms with Crippen LogP contribution in [0.5, 0.6) is 0 Å². The Morgan fingerprint density at radius 1 is 0.862 bits per heavy atom. The predicted molar refractivity (Wildman–Crippen MR) is 114 cm³/mol. The zero-order chi connectivity index (χ0) is 20.4. The molecule has 0 aliphatic heterocycles. The summed E-state index contributed by atoms with van der Waals surface area (Å²) in [7, 11) is 2.02. The topological polar surface area (TPSA) is 62.5 Å². The van der Waals surface area contributed by atoms with Gasteiger partial charge in [0.15, 0.2) is 0 Å². The molecule has 4 aromatic rings. The van der Waals surface area contributed by atoms with Crippen molar-refractivity contribution >= 4 is 33.7 Å². The minimum atomic E-state index is -1.02. The van der Waals surface area contributed by atoms with Crippen molar-refractivity contribution in [3.63, 3.8) is 0 Å². The highest BCUT2D eigenvalue weighted by molar-refractivity contribution is 6.08. The predicted octanol–water partition coefficient (Wildman–Crippen LogP) is 3.99. The Hall–Kier alpha value is -3.60. The van der Waals surface area contributed by atoms with E-state index in [9.17, 15) is 14.7 Å². The monoisotopic (exact) mass is 386 g/mol. The van der Waals surface area contributed by atoms with Crippen molar-refractivity contribution in [1.29, 1.82) is 0 Å². The summed E-state index contributed by atoms with van der Waals surface area (Å²) in [5, 5.41) is 11.6. The number of rotatable bonds is 6. The van der Waals surface area contributed by atoms with Crippen LogP contribution >= 0.6 is 0 Å². The molecular weight excluding hydrogens is 364 g/mol. The van der Waals surface area contributed by atoms with Crippen LogP contribution in [0.4, 0.5) is 0 Å². The highest BCUT2D eigenvalue weighted by Crippen LogP contribution is 2.28. The van der Waals surface area contributed by atoms with Crippen molar-refractivity contribution in [2.75, 3.05) is 6.54 Å². The maximum Gasteiger partial charge on any atom is 0.323 e. The summed E-state index contributed by atoms with van der Waals surface area (Å²) in [6.07, 6.45) is 0.164. The minimum absolute atomic E-state index is 0.164. The molecule has 5 heteroatoms. The van der Waals surface area contributed by atoms with Crippen LogP contribution < -0.4 is 0 Å². The van der Waals surface area contributed by atoms with E-state index in [1.165, 1.54) is 10.3 Å². The number of carbonyl (C=O) groups excluding carboxylic acids is 1. The van der Waals surface area contributed by atoms with Crippen molar-refractivity contribution < 1.29 is 14.7 Å². The number of hydrogen-bond donors (Lipinski definition) is 1. The molecule has 0 aliphatic rings. The number of nitrogens with zero attached hydrogens (tertiary/aromatic N) is 2. The van der Waals surface area contributed by atoms with Crippen LogP contribution in [0.2, 0.25) is 0 Å². The Bertz CT molecular complexity index is 1190. The highest BCUT2D eigenvalue weighted by atomic mass is 16.4. The first-order valence-corrected chi connectivity index (χ1v) is 9.52. The number of aryl methyl sites for hydroxylation is 1. The van der Waals surface area contributed by atoms with Crippen LogP contribution in [-0.4, -0.2) is 33.0 Å². The maximum atomic E-state index is 12.9. The molecule has 0 saturated carbocycles. The normalized spacial score (nSPS) is 11.1. The van der Waals surface area contributed by atoms with Gasteiger partial charge in [0.05, 0.1) is 6.42 Å². The number of para-hydroxylation sites is 1. The Balaban J connectivity index is 1.61. The van der Waals surface area contributed by atoms with E-state index >= 15 is 0 Å². The number of hydrogen-bond acceptors (Lipinski definition) is 2. The molecular formula is C24H22N2O3. The fraction of sp³-hybridized carbons (Fsp3) is 0.167. The summed E-state index contributed by atoms with van der Waals surface area (Å²) in [6.45, 7) is -0.0354. The second-order valence-electron chi connectivity index (χ2n) is 7.23. The molecule has 1 aromatic heterocycles. The van der Waals surface area contributed by atoms with E-state index in [1.54, 1.807) is 0 Å².